The predicted molar refractivity (Wildman–Crippen MR) is 109 cm³/mol. The third-order valence-corrected chi connectivity index (χ3v) is 5.18. The molecule has 0 aliphatic carbocycles. The second-order valence-corrected chi connectivity index (χ2v) is 7.86. The molecule has 0 radical (unpaired) electrons. The molecule has 4 nitrogen and oxygen atoms in total. The Hall–Kier alpha value is -2.71. The van der Waals surface area contributed by atoms with Crippen LogP contribution in [0.3, 0.4) is 0 Å². The lowest BCUT2D eigenvalue weighted by atomic mass is 10.0. The second kappa shape index (κ2) is 8.34. The van der Waals surface area contributed by atoms with E-state index in [-0.39, 0.29) is 12.0 Å². The van der Waals surface area contributed by atoms with E-state index in [4.69, 9.17) is 0 Å². The molecule has 3 aromatic rings. The fourth-order valence-electron chi connectivity index (χ4n) is 2.83. The molecule has 1 unspecified atom stereocenters. The Morgan fingerprint density at radius 1 is 1.28 bits per heavy atom. The third kappa shape index (κ3) is 5.65. The second-order valence-electron chi connectivity index (χ2n) is 6.75. The first-order chi connectivity index (χ1) is 13.6. The molecule has 29 heavy (non-hydrogen) atoms. The number of benzene rings is 2. The Labute approximate surface area is 169 Å². The highest BCUT2D eigenvalue weighted by molar-refractivity contribution is 7.18. The lowest BCUT2D eigenvalue weighted by molar-refractivity contribution is -0.0790. The van der Waals surface area contributed by atoms with E-state index >= 15 is 0 Å². The summed E-state index contributed by atoms with van der Waals surface area (Å²) in [5, 5.41) is 13.1. The molecule has 1 amide bonds. The van der Waals surface area contributed by atoms with Crippen LogP contribution in [0.2, 0.25) is 0 Å². The minimum atomic E-state index is -4.38. The van der Waals surface area contributed by atoms with E-state index in [1.807, 2.05) is 6.07 Å². The number of carbonyl (C=O) groups is 1. The highest BCUT2D eigenvalue weighted by atomic mass is 32.1. The van der Waals surface area contributed by atoms with Gasteiger partial charge in [0.1, 0.15) is 0 Å². The SMILES string of the molecule is Cc1cc(C=CC(F)(F)F)ccc1C(=O)Nc1ccc2sc(CC(C)O)nc2c1. The van der Waals surface area contributed by atoms with E-state index in [1.54, 1.807) is 26.0 Å². The Morgan fingerprint density at radius 3 is 2.69 bits per heavy atom. The van der Waals surface area contributed by atoms with Crippen LogP contribution in [0.15, 0.2) is 42.5 Å². The van der Waals surface area contributed by atoms with Crippen LogP contribution in [0.25, 0.3) is 16.3 Å². The summed E-state index contributed by atoms with van der Waals surface area (Å²) in [5.41, 5.74) is 2.61. The minimum absolute atomic E-state index is 0.163. The maximum absolute atomic E-state index is 12.6. The number of alkyl halides is 3. The van der Waals surface area contributed by atoms with E-state index < -0.39 is 12.3 Å². The Morgan fingerprint density at radius 2 is 2.03 bits per heavy atom. The number of amides is 1. The number of nitrogens with one attached hydrogen (secondary N) is 1. The van der Waals surface area contributed by atoms with Gasteiger partial charge in [0, 0.05) is 23.7 Å². The van der Waals surface area contributed by atoms with E-state index in [0.29, 0.717) is 28.8 Å². The predicted octanol–water partition coefficient (Wildman–Crippen LogP) is 5.36. The van der Waals surface area contributed by atoms with Crippen molar-refractivity contribution in [1.82, 2.24) is 4.98 Å². The quantitative estimate of drug-likeness (QED) is 0.584. The number of nitrogens with zero attached hydrogens (tertiary/aromatic N) is 1. The molecule has 152 valence electrons. The Kier molecular flexibility index (Phi) is 6.04. The number of rotatable bonds is 5. The molecule has 0 saturated heterocycles. The van der Waals surface area contributed by atoms with Crippen molar-refractivity contribution >= 4 is 39.2 Å². The lowest BCUT2D eigenvalue weighted by Crippen LogP contribution is -2.13. The average Bonchev–Trinajstić information content (AvgIpc) is 3.00. The molecule has 1 aromatic heterocycles. The third-order valence-electron chi connectivity index (χ3n) is 4.12. The highest BCUT2D eigenvalue weighted by Gasteiger charge is 2.21. The zero-order valence-electron chi connectivity index (χ0n) is 15.7. The maximum Gasteiger partial charge on any atom is 0.409 e. The highest BCUT2D eigenvalue weighted by Crippen LogP contribution is 2.26. The first-order valence-electron chi connectivity index (χ1n) is 8.86. The van der Waals surface area contributed by atoms with Crippen molar-refractivity contribution in [3.8, 4) is 0 Å². The molecule has 2 aromatic carbocycles. The van der Waals surface area contributed by atoms with Gasteiger partial charge in [-0.1, -0.05) is 18.2 Å². The molecule has 8 heteroatoms. The number of fused-ring (bicyclic) bond motifs is 1. The van der Waals surface area contributed by atoms with Gasteiger partial charge in [-0.05, 0) is 49.2 Å². The summed E-state index contributed by atoms with van der Waals surface area (Å²) in [5.74, 6) is -0.354. The zero-order valence-corrected chi connectivity index (χ0v) is 16.6. The fourth-order valence-corrected chi connectivity index (χ4v) is 3.89. The van der Waals surface area contributed by atoms with Crippen LogP contribution in [0, 0.1) is 6.92 Å². The van der Waals surface area contributed by atoms with Crippen LogP contribution in [0.4, 0.5) is 18.9 Å². The van der Waals surface area contributed by atoms with Gasteiger partial charge in [-0.3, -0.25) is 4.79 Å². The Bertz CT molecular complexity index is 1070. The number of anilines is 1. The number of aliphatic hydroxyl groups is 1. The number of aliphatic hydroxyl groups excluding tert-OH is 1. The summed E-state index contributed by atoms with van der Waals surface area (Å²) in [6.07, 6.45) is -3.26. The zero-order chi connectivity index (χ0) is 21.2. The van der Waals surface area contributed by atoms with Crippen LogP contribution < -0.4 is 5.32 Å². The van der Waals surface area contributed by atoms with E-state index in [1.165, 1.54) is 29.5 Å². The summed E-state index contributed by atoms with van der Waals surface area (Å²) in [7, 11) is 0. The number of aryl methyl sites for hydroxylation is 1. The van der Waals surface area contributed by atoms with Gasteiger partial charge in [-0.15, -0.1) is 11.3 Å². The number of hydrogen-bond acceptors (Lipinski definition) is 4. The van der Waals surface area contributed by atoms with Crippen molar-refractivity contribution < 1.29 is 23.1 Å². The standard InChI is InChI=1S/C21H19F3N2O2S/c1-12-9-14(7-8-21(22,23)24)3-5-16(12)20(28)25-15-4-6-18-17(11-15)26-19(29-18)10-13(2)27/h3-9,11,13,27H,10H2,1-2H3,(H,25,28). The molecule has 0 saturated carbocycles. The monoisotopic (exact) mass is 420 g/mol. The molecule has 1 heterocycles. The van der Waals surface area contributed by atoms with Crippen molar-refractivity contribution in [3.63, 3.8) is 0 Å². The average molecular weight is 420 g/mol. The molecule has 0 aliphatic heterocycles. The van der Waals surface area contributed by atoms with E-state index in [9.17, 15) is 23.1 Å². The first-order valence-corrected chi connectivity index (χ1v) is 9.68. The molecular formula is C21H19F3N2O2S. The molecule has 0 bridgehead atoms. The van der Waals surface area contributed by atoms with Crippen LogP contribution >= 0.6 is 11.3 Å². The number of hydrogen-bond donors (Lipinski definition) is 2. The van der Waals surface area contributed by atoms with Crippen LogP contribution in [-0.2, 0) is 6.42 Å². The van der Waals surface area contributed by atoms with E-state index in [0.717, 1.165) is 21.3 Å². The number of halogens is 3. The lowest BCUT2D eigenvalue weighted by Gasteiger charge is -2.09. The number of allylic oxidation sites excluding steroid dienone is 1. The van der Waals surface area contributed by atoms with E-state index in [2.05, 4.69) is 10.3 Å². The molecule has 0 spiro atoms. The van der Waals surface area contributed by atoms with Crippen LogP contribution in [0.1, 0.15) is 33.4 Å². The molecule has 0 aliphatic rings. The van der Waals surface area contributed by atoms with Crippen molar-refractivity contribution in [1.29, 1.82) is 0 Å². The van der Waals surface area contributed by atoms with Crippen LogP contribution in [0.5, 0.6) is 0 Å². The molecule has 0 fully saturated rings. The van der Waals surface area contributed by atoms with Gasteiger partial charge in [0.2, 0.25) is 0 Å². The summed E-state index contributed by atoms with van der Waals surface area (Å²) >= 11 is 1.49. The van der Waals surface area contributed by atoms with Crippen molar-refractivity contribution in [2.24, 2.45) is 0 Å². The molecular weight excluding hydrogens is 401 g/mol. The largest absolute Gasteiger partial charge is 0.409 e. The topological polar surface area (TPSA) is 62.2 Å². The first kappa shape index (κ1) is 21.0. The van der Waals surface area contributed by atoms with Crippen molar-refractivity contribution in [3.05, 3.63) is 64.2 Å². The number of aromatic nitrogens is 1. The minimum Gasteiger partial charge on any atom is -0.393 e. The molecule has 3 rings (SSSR count). The normalized spacial score (nSPS) is 13.2. The summed E-state index contributed by atoms with van der Waals surface area (Å²) in [6, 6.07) is 9.87. The van der Waals surface area contributed by atoms with Gasteiger partial charge in [-0.25, -0.2) is 4.98 Å². The summed E-state index contributed by atoms with van der Waals surface area (Å²) < 4.78 is 37.9. The van der Waals surface area contributed by atoms with Gasteiger partial charge < -0.3 is 10.4 Å². The fraction of sp³-hybridized carbons (Fsp3) is 0.238. The number of carbonyl (C=O) groups excluding carboxylic acids is 1. The molecule has 2 N–H and O–H groups in total. The Balaban J connectivity index is 1.76. The molecule has 1 atom stereocenters. The van der Waals surface area contributed by atoms with Gasteiger partial charge in [0.25, 0.3) is 5.91 Å². The summed E-state index contributed by atoms with van der Waals surface area (Å²) in [6.45, 7) is 3.37. The summed E-state index contributed by atoms with van der Waals surface area (Å²) in [4.78, 5) is 17.1. The van der Waals surface area contributed by atoms with Gasteiger partial charge in [-0.2, -0.15) is 13.2 Å². The van der Waals surface area contributed by atoms with Crippen molar-refractivity contribution in [2.45, 2.75) is 32.5 Å². The van der Waals surface area contributed by atoms with Gasteiger partial charge in [0.05, 0.1) is 21.3 Å². The van der Waals surface area contributed by atoms with Gasteiger partial charge in [0.15, 0.2) is 0 Å². The number of thiazole rings is 1. The maximum atomic E-state index is 12.6. The van der Waals surface area contributed by atoms with Crippen LogP contribution in [-0.4, -0.2) is 28.3 Å². The van der Waals surface area contributed by atoms with Crippen molar-refractivity contribution in [2.75, 3.05) is 5.32 Å². The van der Waals surface area contributed by atoms with Gasteiger partial charge >= 0.3 is 6.18 Å². The smallest absolute Gasteiger partial charge is 0.393 e.